The fraction of sp³-hybridized carbons (Fsp3) is 0.429. The van der Waals surface area contributed by atoms with Crippen LogP contribution in [0.15, 0.2) is 22.7 Å². The second kappa shape index (κ2) is 5.84. The van der Waals surface area contributed by atoms with E-state index in [0.717, 1.165) is 36.0 Å². The van der Waals surface area contributed by atoms with Crippen LogP contribution in [0.5, 0.6) is 0 Å². The van der Waals surface area contributed by atoms with Crippen molar-refractivity contribution in [2.45, 2.75) is 18.8 Å². The van der Waals surface area contributed by atoms with Crippen LogP contribution in [-0.2, 0) is 4.79 Å². The molecule has 2 rings (SSSR count). The molecule has 1 saturated heterocycles. The number of nitrogens with zero attached hydrogens (tertiary/aromatic N) is 1. The zero-order valence-corrected chi connectivity index (χ0v) is 12.3. The lowest BCUT2D eigenvalue weighted by atomic mass is 9.89. The molecule has 1 heterocycles. The molecule has 1 aromatic carbocycles. The van der Waals surface area contributed by atoms with Gasteiger partial charge in [-0.25, -0.2) is 4.79 Å². The summed E-state index contributed by atoms with van der Waals surface area (Å²) < 4.78 is 0.828. The highest BCUT2D eigenvalue weighted by atomic mass is 79.9. The van der Waals surface area contributed by atoms with Crippen molar-refractivity contribution in [3.8, 4) is 0 Å². The third kappa shape index (κ3) is 3.22. The van der Waals surface area contributed by atoms with Crippen LogP contribution in [0.1, 0.15) is 34.7 Å². The third-order valence-electron chi connectivity index (χ3n) is 3.62. The second-order valence-electron chi connectivity index (χ2n) is 4.95. The minimum Gasteiger partial charge on any atom is -0.475 e. The van der Waals surface area contributed by atoms with Gasteiger partial charge >= 0.3 is 5.97 Å². The van der Waals surface area contributed by atoms with Crippen molar-refractivity contribution < 1.29 is 14.7 Å². The van der Waals surface area contributed by atoms with E-state index in [9.17, 15) is 9.59 Å². The topological polar surface area (TPSA) is 57.6 Å². The molecule has 19 heavy (non-hydrogen) atoms. The Morgan fingerprint density at radius 1 is 1.32 bits per heavy atom. The average molecular weight is 326 g/mol. The standard InChI is InChI=1S/C14H16BrNO3/c1-16-6-4-9(5-7-16)11-3-2-10(8-12(11)15)13(17)14(18)19/h2-3,8-9H,4-7H2,1H3,(H,18,19). The molecule has 0 spiro atoms. The maximum Gasteiger partial charge on any atom is 0.377 e. The van der Waals surface area contributed by atoms with Crippen LogP contribution in [0.2, 0.25) is 0 Å². The summed E-state index contributed by atoms with van der Waals surface area (Å²) in [5, 5.41) is 8.70. The number of aliphatic carboxylic acids is 1. The van der Waals surface area contributed by atoms with Gasteiger partial charge in [-0.2, -0.15) is 0 Å². The van der Waals surface area contributed by atoms with Crippen molar-refractivity contribution in [2.75, 3.05) is 20.1 Å². The van der Waals surface area contributed by atoms with Gasteiger partial charge in [-0.3, -0.25) is 4.79 Å². The van der Waals surface area contributed by atoms with Gasteiger partial charge < -0.3 is 10.0 Å². The van der Waals surface area contributed by atoms with Crippen LogP contribution in [0.3, 0.4) is 0 Å². The first-order chi connectivity index (χ1) is 8.99. The van der Waals surface area contributed by atoms with Crippen molar-refractivity contribution in [1.82, 2.24) is 4.90 Å². The lowest BCUT2D eigenvalue weighted by Gasteiger charge is -2.29. The Morgan fingerprint density at radius 3 is 2.47 bits per heavy atom. The number of hydrogen-bond acceptors (Lipinski definition) is 3. The van der Waals surface area contributed by atoms with Gasteiger partial charge in [0.2, 0.25) is 0 Å². The number of carbonyl (C=O) groups excluding carboxylic acids is 1. The summed E-state index contributed by atoms with van der Waals surface area (Å²) in [5.74, 6) is -1.81. The average Bonchev–Trinajstić information content (AvgIpc) is 2.39. The first kappa shape index (κ1) is 14.2. The summed E-state index contributed by atoms with van der Waals surface area (Å²) in [6.45, 7) is 2.12. The van der Waals surface area contributed by atoms with E-state index in [1.165, 1.54) is 0 Å². The number of benzene rings is 1. The van der Waals surface area contributed by atoms with E-state index in [1.807, 2.05) is 6.07 Å². The van der Waals surface area contributed by atoms with E-state index >= 15 is 0 Å². The van der Waals surface area contributed by atoms with Crippen molar-refractivity contribution in [1.29, 1.82) is 0 Å². The van der Waals surface area contributed by atoms with Gasteiger partial charge in [-0.05, 0) is 50.5 Å². The molecule has 1 aromatic rings. The molecule has 0 unspecified atom stereocenters. The fourth-order valence-electron chi connectivity index (χ4n) is 2.44. The fourth-order valence-corrected chi connectivity index (χ4v) is 3.15. The van der Waals surface area contributed by atoms with Gasteiger partial charge in [-0.1, -0.05) is 28.1 Å². The van der Waals surface area contributed by atoms with Crippen molar-refractivity contribution in [3.63, 3.8) is 0 Å². The molecule has 1 fully saturated rings. The molecule has 0 radical (unpaired) electrons. The zero-order valence-electron chi connectivity index (χ0n) is 10.7. The molecule has 5 heteroatoms. The number of carboxylic acids is 1. The number of carbonyl (C=O) groups is 2. The first-order valence-corrected chi connectivity index (χ1v) is 7.04. The summed E-state index contributed by atoms with van der Waals surface area (Å²) in [6, 6.07) is 5.09. The summed E-state index contributed by atoms with van der Waals surface area (Å²) in [7, 11) is 2.11. The molecule has 0 atom stereocenters. The number of halogens is 1. The van der Waals surface area contributed by atoms with E-state index in [2.05, 4.69) is 27.9 Å². The minimum atomic E-state index is -1.42. The van der Waals surface area contributed by atoms with Gasteiger partial charge in [0.15, 0.2) is 0 Å². The second-order valence-corrected chi connectivity index (χ2v) is 5.80. The quantitative estimate of drug-likeness (QED) is 0.685. The van der Waals surface area contributed by atoms with Gasteiger partial charge in [-0.15, -0.1) is 0 Å². The Balaban J connectivity index is 2.20. The molecule has 102 valence electrons. The number of carboxylic acid groups (broad SMARTS) is 1. The van der Waals surface area contributed by atoms with E-state index in [0.29, 0.717) is 5.92 Å². The van der Waals surface area contributed by atoms with Gasteiger partial charge in [0.1, 0.15) is 0 Å². The smallest absolute Gasteiger partial charge is 0.377 e. The number of likely N-dealkylation sites (tertiary alicyclic amines) is 1. The van der Waals surface area contributed by atoms with E-state index < -0.39 is 11.8 Å². The van der Waals surface area contributed by atoms with Gasteiger partial charge in [0, 0.05) is 10.0 Å². The largest absolute Gasteiger partial charge is 0.475 e. The highest BCUT2D eigenvalue weighted by Gasteiger charge is 2.22. The Morgan fingerprint density at radius 2 is 1.95 bits per heavy atom. The molecule has 1 aliphatic heterocycles. The number of ketones is 1. The summed E-state index contributed by atoms with van der Waals surface area (Å²) in [6.07, 6.45) is 2.17. The highest BCUT2D eigenvalue weighted by Crippen LogP contribution is 2.33. The van der Waals surface area contributed by atoms with Crippen molar-refractivity contribution >= 4 is 27.7 Å². The molecular formula is C14H16BrNO3. The molecule has 0 aromatic heterocycles. The Hall–Kier alpha value is -1.20. The van der Waals surface area contributed by atoms with Crippen LogP contribution in [0.4, 0.5) is 0 Å². The number of hydrogen-bond donors (Lipinski definition) is 1. The third-order valence-corrected chi connectivity index (χ3v) is 4.30. The Bertz CT molecular complexity index is 507. The Labute approximate surface area is 120 Å². The summed E-state index contributed by atoms with van der Waals surface area (Å²) in [5.41, 5.74) is 1.38. The molecule has 0 bridgehead atoms. The highest BCUT2D eigenvalue weighted by molar-refractivity contribution is 9.10. The number of Topliss-reactive ketones (excluding diaryl/α,β-unsaturated/α-hetero) is 1. The molecule has 1 N–H and O–H groups in total. The first-order valence-electron chi connectivity index (χ1n) is 6.24. The maximum atomic E-state index is 11.4. The molecule has 0 aliphatic carbocycles. The SMILES string of the molecule is CN1CCC(c2ccc(C(=O)C(=O)O)cc2Br)CC1. The molecule has 0 amide bonds. The van der Waals surface area contributed by atoms with Gasteiger partial charge in [0.25, 0.3) is 5.78 Å². The molecule has 0 saturated carbocycles. The lowest BCUT2D eigenvalue weighted by Crippen LogP contribution is -2.29. The van der Waals surface area contributed by atoms with Crippen molar-refractivity contribution in [3.05, 3.63) is 33.8 Å². The predicted octanol–water partition coefficient (Wildman–Crippen LogP) is 2.53. The normalized spacial score (nSPS) is 17.4. The number of piperidine rings is 1. The van der Waals surface area contributed by atoms with Crippen LogP contribution in [-0.4, -0.2) is 41.9 Å². The van der Waals surface area contributed by atoms with E-state index in [4.69, 9.17) is 5.11 Å². The zero-order chi connectivity index (χ0) is 14.0. The molecule has 4 nitrogen and oxygen atoms in total. The van der Waals surface area contributed by atoms with E-state index in [-0.39, 0.29) is 5.56 Å². The molecule has 1 aliphatic rings. The maximum absolute atomic E-state index is 11.4. The van der Waals surface area contributed by atoms with Crippen LogP contribution in [0, 0.1) is 0 Å². The summed E-state index contributed by atoms with van der Waals surface area (Å²) >= 11 is 3.46. The monoisotopic (exact) mass is 325 g/mol. The van der Waals surface area contributed by atoms with Gasteiger partial charge in [0.05, 0.1) is 0 Å². The minimum absolute atomic E-state index is 0.219. The Kier molecular flexibility index (Phi) is 4.37. The van der Waals surface area contributed by atoms with Crippen LogP contribution >= 0.6 is 15.9 Å². The van der Waals surface area contributed by atoms with E-state index in [1.54, 1.807) is 12.1 Å². The molecular weight excluding hydrogens is 310 g/mol. The summed E-state index contributed by atoms with van der Waals surface area (Å²) in [4.78, 5) is 24.4. The number of rotatable bonds is 3. The predicted molar refractivity (Wildman–Crippen MR) is 75.6 cm³/mol. The van der Waals surface area contributed by atoms with Crippen LogP contribution < -0.4 is 0 Å². The lowest BCUT2D eigenvalue weighted by molar-refractivity contribution is -0.131. The van der Waals surface area contributed by atoms with Crippen LogP contribution in [0.25, 0.3) is 0 Å². The van der Waals surface area contributed by atoms with Crippen molar-refractivity contribution in [2.24, 2.45) is 0 Å².